The molecule has 0 aliphatic carbocycles. The summed E-state index contributed by atoms with van der Waals surface area (Å²) in [5, 5.41) is 0. The molecule has 6 heteroatoms. The summed E-state index contributed by atoms with van der Waals surface area (Å²) < 4.78 is 1.88. The van der Waals surface area contributed by atoms with E-state index < -0.39 is 0 Å². The molecule has 0 N–H and O–H groups in total. The molecule has 0 saturated carbocycles. The molecular weight excluding hydrogens is 366 g/mol. The second-order valence-corrected chi connectivity index (χ2v) is 8.60. The minimum absolute atomic E-state index is 0.0509. The molecule has 1 aromatic heterocycles. The lowest BCUT2D eigenvalue weighted by atomic mass is 9.82. The van der Waals surface area contributed by atoms with Gasteiger partial charge in [-0.25, -0.2) is 0 Å². The topological polar surface area (TPSA) is 62.6 Å². The van der Waals surface area contributed by atoms with Crippen molar-refractivity contribution < 1.29 is 9.59 Å². The van der Waals surface area contributed by atoms with Crippen LogP contribution in [0, 0.1) is 11.8 Å². The van der Waals surface area contributed by atoms with Gasteiger partial charge in [0.15, 0.2) is 0 Å². The van der Waals surface area contributed by atoms with Gasteiger partial charge < -0.3 is 14.4 Å². The SMILES string of the molecule is O=C1C[C@H](C(=O)N2C[C@H]3C[C@@H](C2)c2cccc(=O)n2C3)CN1Cc1ccccc1. The van der Waals surface area contributed by atoms with Crippen molar-refractivity contribution in [3.63, 3.8) is 0 Å². The molecule has 3 aliphatic heterocycles. The van der Waals surface area contributed by atoms with Crippen molar-refractivity contribution in [1.82, 2.24) is 14.4 Å². The Morgan fingerprint density at radius 3 is 2.59 bits per heavy atom. The Bertz CT molecular complexity index is 1000. The molecule has 0 unspecified atom stereocenters. The van der Waals surface area contributed by atoms with Gasteiger partial charge in [0.25, 0.3) is 5.56 Å². The van der Waals surface area contributed by atoms with Gasteiger partial charge in [-0.1, -0.05) is 36.4 Å². The number of pyridine rings is 1. The molecule has 0 radical (unpaired) electrons. The summed E-state index contributed by atoms with van der Waals surface area (Å²) in [4.78, 5) is 41.7. The molecule has 2 fully saturated rings. The van der Waals surface area contributed by atoms with E-state index >= 15 is 0 Å². The van der Waals surface area contributed by atoms with Crippen LogP contribution in [0.25, 0.3) is 0 Å². The van der Waals surface area contributed by atoms with E-state index in [9.17, 15) is 14.4 Å². The van der Waals surface area contributed by atoms with Gasteiger partial charge in [-0.3, -0.25) is 14.4 Å². The van der Waals surface area contributed by atoms with Gasteiger partial charge in [0.1, 0.15) is 0 Å². The maximum Gasteiger partial charge on any atom is 0.250 e. The number of aromatic nitrogens is 1. The summed E-state index contributed by atoms with van der Waals surface area (Å²) in [6, 6.07) is 15.3. The maximum atomic E-state index is 13.2. The minimum atomic E-state index is -0.261. The van der Waals surface area contributed by atoms with Crippen LogP contribution in [-0.2, 0) is 22.7 Å². The number of likely N-dealkylation sites (tertiary alicyclic amines) is 2. The van der Waals surface area contributed by atoms with Gasteiger partial charge in [0, 0.05) is 56.8 Å². The lowest BCUT2D eigenvalue weighted by Crippen LogP contribution is -2.50. The zero-order valence-electron chi connectivity index (χ0n) is 16.4. The van der Waals surface area contributed by atoms with E-state index in [0.717, 1.165) is 17.7 Å². The number of amides is 2. The first-order chi connectivity index (χ1) is 14.1. The number of carbonyl (C=O) groups is 2. The van der Waals surface area contributed by atoms with Crippen molar-refractivity contribution >= 4 is 11.8 Å². The van der Waals surface area contributed by atoms with E-state index in [1.165, 1.54) is 0 Å². The molecule has 2 bridgehead atoms. The number of hydrogen-bond donors (Lipinski definition) is 0. The molecule has 150 valence electrons. The number of carbonyl (C=O) groups excluding carboxylic acids is 2. The minimum Gasteiger partial charge on any atom is -0.341 e. The smallest absolute Gasteiger partial charge is 0.250 e. The second kappa shape index (κ2) is 7.17. The third-order valence-electron chi connectivity index (χ3n) is 6.57. The largest absolute Gasteiger partial charge is 0.341 e. The van der Waals surface area contributed by atoms with Crippen LogP contribution in [0.2, 0.25) is 0 Å². The van der Waals surface area contributed by atoms with E-state index in [1.807, 2.05) is 51.9 Å². The Labute approximate surface area is 169 Å². The van der Waals surface area contributed by atoms with Crippen molar-refractivity contribution in [3.05, 3.63) is 70.1 Å². The Balaban J connectivity index is 1.28. The summed E-state index contributed by atoms with van der Waals surface area (Å²) >= 11 is 0. The number of piperidine rings is 1. The predicted octanol–water partition coefficient (Wildman–Crippen LogP) is 1.84. The third-order valence-corrected chi connectivity index (χ3v) is 6.57. The van der Waals surface area contributed by atoms with E-state index in [2.05, 4.69) is 0 Å². The summed E-state index contributed by atoms with van der Waals surface area (Å²) in [5.41, 5.74) is 2.18. The molecule has 0 spiro atoms. The standard InChI is InChI=1S/C23H25N3O3/c27-21-8-4-7-20-18-9-17(13-26(20)21)12-25(14-18)23(29)19-10-22(28)24(15-19)11-16-5-2-1-3-6-16/h1-8,17-19H,9-15H2/t17-,18+,19+/m1/s1. The number of rotatable bonds is 3. The van der Waals surface area contributed by atoms with Gasteiger partial charge in [-0.2, -0.15) is 0 Å². The fourth-order valence-electron chi connectivity index (χ4n) is 5.23. The van der Waals surface area contributed by atoms with Crippen molar-refractivity contribution in [2.24, 2.45) is 11.8 Å². The molecule has 6 nitrogen and oxygen atoms in total. The number of fused-ring (bicyclic) bond motifs is 4. The molecule has 2 aromatic rings. The van der Waals surface area contributed by atoms with Crippen LogP contribution >= 0.6 is 0 Å². The van der Waals surface area contributed by atoms with Crippen LogP contribution in [-0.4, -0.2) is 45.8 Å². The number of hydrogen-bond acceptors (Lipinski definition) is 3. The molecular formula is C23H25N3O3. The van der Waals surface area contributed by atoms with Crippen LogP contribution in [0.3, 0.4) is 0 Å². The second-order valence-electron chi connectivity index (χ2n) is 8.60. The lowest BCUT2D eigenvalue weighted by molar-refractivity contribution is -0.138. The van der Waals surface area contributed by atoms with Crippen LogP contribution in [0.5, 0.6) is 0 Å². The molecule has 3 atom stereocenters. The zero-order chi connectivity index (χ0) is 20.0. The Hall–Kier alpha value is -2.89. The van der Waals surface area contributed by atoms with Gasteiger partial charge in [-0.15, -0.1) is 0 Å². The Morgan fingerprint density at radius 2 is 1.76 bits per heavy atom. The van der Waals surface area contributed by atoms with Gasteiger partial charge >= 0.3 is 0 Å². The Morgan fingerprint density at radius 1 is 0.931 bits per heavy atom. The number of benzene rings is 1. The summed E-state index contributed by atoms with van der Waals surface area (Å²) in [6.07, 6.45) is 1.32. The summed E-state index contributed by atoms with van der Waals surface area (Å²) in [7, 11) is 0. The highest BCUT2D eigenvalue weighted by Crippen LogP contribution is 2.36. The quantitative estimate of drug-likeness (QED) is 0.802. The van der Waals surface area contributed by atoms with Gasteiger partial charge in [0.2, 0.25) is 11.8 Å². The van der Waals surface area contributed by atoms with Crippen LogP contribution < -0.4 is 5.56 Å². The molecule has 1 aromatic carbocycles. The maximum absolute atomic E-state index is 13.2. The highest BCUT2D eigenvalue weighted by molar-refractivity contribution is 5.89. The zero-order valence-corrected chi connectivity index (χ0v) is 16.4. The molecule has 29 heavy (non-hydrogen) atoms. The molecule has 4 heterocycles. The monoisotopic (exact) mass is 391 g/mol. The van der Waals surface area contributed by atoms with Crippen LogP contribution in [0.1, 0.15) is 30.0 Å². The van der Waals surface area contributed by atoms with E-state index in [0.29, 0.717) is 45.1 Å². The fraction of sp³-hybridized carbons (Fsp3) is 0.435. The van der Waals surface area contributed by atoms with Crippen molar-refractivity contribution in [3.8, 4) is 0 Å². The van der Waals surface area contributed by atoms with Crippen molar-refractivity contribution in [1.29, 1.82) is 0 Å². The first kappa shape index (κ1) is 18.2. The molecule has 2 saturated heterocycles. The Kier molecular flexibility index (Phi) is 4.49. The van der Waals surface area contributed by atoms with Gasteiger partial charge in [-0.05, 0) is 24.0 Å². The average Bonchev–Trinajstić information content (AvgIpc) is 3.09. The van der Waals surface area contributed by atoms with Gasteiger partial charge in [0.05, 0.1) is 5.92 Å². The highest BCUT2D eigenvalue weighted by atomic mass is 16.2. The first-order valence-corrected chi connectivity index (χ1v) is 10.4. The molecule has 3 aliphatic rings. The fourth-order valence-corrected chi connectivity index (χ4v) is 5.23. The first-order valence-electron chi connectivity index (χ1n) is 10.4. The van der Waals surface area contributed by atoms with Crippen molar-refractivity contribution in [2.45, 2.75) is 31.8 Å². The normalized spacial score (nSPS) is 25.8. The van der Waals surface area contributed by atoms with Crippen molar-refractivity contribution in [2.75, 3.05) is 19.6 Å². The van der Waals surface area contributed by atoms with E-state index in [4.69, 9.17) is 0 Å². The lowest BCUT2D eigenvalue weighted by Gasteiger charge is -2.43. The van der Waals surface area contributed by atoms with E-state index in [1.54, 1.807) is 11.0 Å². The molecule has 2 amide bonds. The highest BCUT2D eigenvalue weighted by Gasteiger charge is 2.41. The molecule has 5 rings (SSSR count). The summed E-state index contributed by atoms with van der Waals surface area (Å²) in [6.45, 7) is 3.06. The van der Waals surface area contributed by atoms with Crippen LogP contribution in [0.15, 0.2) is 53.3 Å². The average molecular weight is 391 g/mol. The third kappa shape index (κ3) is 3.37. The van der Waals surface area contributed by atoms with Crippen LogP contribution in [0.4, 0.5) is 0 Å². The van der Waals surface area contributed by atoms with E-state index in [-0.39, 0.29) is 29.2 Å². The predicted molar refractivity (Wildman–Crippen MR) is 108 cm³/mol. The summed E-state index contributed by atoms with van der Waals surface area (Å²) in [5.74, 6) is 0.403. The number of nitrogens with zero attached hydrogens (tertiary/aromatic N) is 3.